The number of rotatable bonds is 5. The summed E-state index contributed by atoms with van der Waals surface area (Å²) in [6.45, 7) is 4.41. The Hall–Kier alpha value is -1.28. The summed E-state index contributed by atoms with van der Waals surface area (Å²) in [5.74, 6) is 1.08. The third-order valence-corrected chi connectivity index (χ3v) is 3.56. The van der Waals surface area contributed by atoms with Crippen LogP contribution in [0.3, 0.4) is 0 Å². The smallest absolute Gasteiger partial charge is 0.136 e. The number of aryl methyl sites for hydroxylation is 1. The Balaban J connectivity index is 2.50. The summed E-state index contributed by atoms with van der Waals surface area (Å²) in [4.78, 5) is 4.76. The summed E-state index contributed by atoms with van der Waals surface area (Å²) in [5, 5.41) is 0.761. The fourth-order valence-electron chi connectivity index (χ4n) is 2.34. The van der Waals surface area contributed by atoms with Gasteiger partial charge in [0.1, 0.15) is 5.82 Å². The van der Waals surface area contributed by atoms with Crippen LogP contribution in [0.25, 0.3) is 16.6 Å². The summed E-state index contributed by atoms with van der Waals surface area (Å²) < 4.78 is 2.15. The number of fused-ring (bicyclic) bond motifs is 1. The van der Waals surface area contributed by atoms with Gasteiger partial charge >= 0.3 is 0 Å². The van der Waals surface area contributed by atoms with Crippen LogP contribution in [0.5, 0.6) is 0 Å². The molecule has 0 unspecified atom stereocenters. The van der Waals surface area contributed by atoms with E-state index in [0.717, 1.165) is 41.1 Å². The fraction of sp³-hybridized carbons (Fsp3) is 0.438. The molecule has 2 nitrogen and oxygen atoms in total. The van der Waals surface area contributed by atoms with Crippen molar-refractivity contribution in [3.8, 4) is 0 Å². The monoisotopic (exact) mass is 276 g/mol. The molecule has 0 saturated heterocycles. The van der Waals surface area contributed by atoms with Crippen LogP contribution in [0.2, 0.25) is 5.02 Å². The average molecular weight is 277 g/mol. The molecule has 0 saturated carbocycles. The summed E-state index contributed by atoms with van der Waals surface area (Å²) in [7, 11) is 2.07. The van der Waals surface area contributed by atoms with E-state index < -0.39 is 0 Å². The minimum absolute atomic E-state index is 0.761. The molecule has 0 aliphatic heterocycles. The molecule has 0 spiro atoms. The summed E-state index contributed by atoms with van der Waals surface area (Å²) in [6, 6.07) is 5.87. The van der Waals surface area contributed by atoms with Crippen LogP contribution in [0.15, 0.2) is 24.3 Å². The second-order valence-corrected chi connectivity index (χ2v) is 5.33. The highest BCUT2D eigenvalue weighted by atomic mass is 35.5. The van der Waals surface area contributed by atoms with Gasteiger partial charge in [0.05, 0.1) is 11.0 Å². The van der Waals surface area contributed by atoms with Crippen molar-refractivity contribution >= 4 is 28.2 Å². The van der Waals surface area contributed by atoms with Gasteiger partial charge in [0.2, 0.25) is 0 Å². The number of imidazole rings is 1. The summed E-state index contributed by atoms with van der Waals surface area (Å²) >= 11 is 6.07. The summed E-state index contributed by atoms with van der Waals surface area (Å²) in [6.07, 6.45) is 6.82. The highest BCUT2D eigenvalue weighted by molar-refractivity contribution is 6.31. The number of unbranched alkanes of at least 4 members (excludes halogenated alkanes) is 1. The van der Waals surface area contributed by atoms with E-state index in [1.807, 2.05) is 18.2 Å². The molecule has 0 N–H and O–H groups in total. The lowest BCUT2D eigenvalue weighted by atomic mass is 10.1. The normalized spacial score (nSPS) is 12.3. The third-order valence-electron chi connectivity index (χ3n) is 3.33. The van der Waals surface area contributed by atoms with Crippen molar-refractivity contribution in [2.24, 2.45) is 7.05 Å². The lowest BCUT2D eigenvalue weighted by Crippen LogP contribution is -1.97. The molecule has 2 aromatic rings. The van der Waals surface area contributed by atoms with Crippen LogP contribution in [-0.2, 0) is 7.05 Å². The van der Waals surface area contributed by atoms with E-state index in [9.17, 15) is 0 Å². The average Bonchev–Trinajstić information content (AvgIpc) is 2.72. The van der Waals surface area contributed by atoms with E-state index in [-0.39, 0.29) is 0 Å². The predicted octanol–water partition coefficient (Wildman–Crippen LogP) is 5.21. The molecule has 1 aromatic carbocycles. The van der Waals surface area contributed by atoms with Gasteiger partial charge in [0.15, 0.2) is 0 Å². The number of halogens is 1. The van der Waals surface area contributed by atoms with Gasteiger partial charge in [0, 0.05) is 12.1 Å². The number of hydrogen-bond donors (Lipinski definition) is 0. The van der Waals surface area contributed by atoms with Gasteiger partial charge in [0.25, 0.3) is 0 Å². The maximum absolute atomic E-state index is 6.07. The molecule has 0 bridgehead atoms. The number of aromatic nitrogens is 2. The van der Waals surface area contributed by atoms with Gasteiger partial charge in [-0.2, -0.15) is 0 Å². The van der Waals surface area contributed by atoms with Crippen LogP contribution in [-0.4, -0.2) is 9.55 Å². The van der Waals surface area contributed by atoms with E-state index in [0.29, 0.717) is 0 Å². The van der Waals surface area contributed by atoms with Crippen molar-refractivity contribution < 1.29 is 0 Å². The maximum atomic E-state index is 6.07. The van der Waals surface area contributed by atoms with Gasteiger partial charge in [-0.25, -0.2) is 4.98 Å². The molecule has 102 valence electrons. The van der Waals surface area contributed by atoms with Crippen LogP contribution >= 0.6 is 11.6 Å². The lowest BCUT2D eigenvalue weighted by molar-refractivity contribution is 0.874. The number of hydrogen-bond acceptors (Lipinski definition) is 1. The van der Waals surface area contributed by atoms with E-state index in [4.69, 9.17) is 16.6 Å². The summed E-state index contributed by atoms with van der Waals surface area (Å²) in [5.41, 5.74) is 3.46. The molecule has 1 aromatic heterocycles. The maximum Gasteiger partial charge on any atom is 0.136 e. The molecule has 2 rings (SSSR count). The topological polar surface area (TPSA) is 17.8 Å². The van der Waals surface area contributed by atoms with E-state index in [1.165, 1.54) is 12.0 Å². The zero-order valence-corrected chi connectivity index (χ0v) is 12.7. The third kappa shape index (κ3) is 3.01. The predicted molar refractivity (Wildman–Crippen MR) is 83.5 cm³/mol. The lowest BCUT2D eigenvalue weighted by Gasteiger charge is -2.07. The second kappa shape index (κ2) is 6.25. The van der Waals surface area contributed by atoms with Crippen molar-refractivity contribution in [2.45, 2.75) is 39.5 Å². The number of allylic oxidation sites excluding steroid dienone is 2. The van der Waals surface area contributed by atoms with E-state index in [1.54, 1.807) is 0 Å². The molecule has 0 amide bonds. The van der Waals surface area contributed by atoms with Crippen LogP contribution in [0.1, 0.15) is 45.4 Å². The van der Waals surface area contributed by atoms with Gasteiger partial charge in [-0.1, -0.05) is 44.4 Å². The first kappa shape index (κ1) is 14.1. The molecular weight excluding hydrogens is 256 g/mol. The Morgan fingerprint density at radius 1 is 1.32 bits per heavy atom. The molecule has 0 fully saturated rings. The molecule has 19 heavy (non-hydrogen) atoms. The standard InChI is InChI=1S/C16H21ClN2/c1-4-6-8-12(7-5-2)16-18-14-10-9-13(17)11-15(14)19(16)3/h8-11H,4-7H2,1-3H3/b12-8+. The minimum Gasteiger partial charge on any atom is -0.327 e. The first-order valence-electron chi connectivity index (χ1n) is 6.98. The van der Waals surface area contributed by atoms with E-state index >= 15 is 0 Å². The highest BCUT2D eigenvalue weighted by Gasteiger charge is 2.11. The fourth-order valence-corrected chi connectivity index (χ4v) is 2.51. The molecular formula is C16H21ClN2. The molecule has 0 radical (unpaired) electrons. The minimum atomic E-state index is 0.761. The quantitative estimate of drug-likeness (QED) is 0.733. The Labute approximate surface area is 120 Å². The Morgan fingerprint density at radius 3 is 2.79 bits per heavy atom. The van der Waals surface area contributed by atoms with Crippen LogP contribution in [0, 0.1) is 0 Å². The largest absolute Gasteiger partial charge is 0.327 e. The van der Waals surface area contributed by atoms with Crippen molar-refractivity contribution in [1.29, 1.82) is 0 Å². The SMILES string of the molecule is CCC/C=C(\CCC)c1nc2ccc(Cl)cc2n1C. The molecule has 1 heterocycles. The van der Waals surface area contributed by atoms with Gasteiger partial charge in [-0.15, -0.1) is 0 Å². The molecule has 0 aliphatic carbocycles. The molecule has 0 aliphatic rings. The highest BCUT2D eigenvalue weighted by Crippen LogP contribution is 2.26. The zero-order chi connectivity index (χ0) is 13.8. The second-order valence-electron chi connectivity index (χ2n) is 4.90. The number of benzene rings is 1. The first-order valence-corrected chi connectivity index (χ1v) is 7.36. The van der Waals surface area contributed by atoms with E-state index in [2.05, 4.69) is 31.5 Å². The van der Waals surface area contributed by atoms with Gasteiger partial charge in [-0.05, 0) is 36.6 Å². The van der Waals surface area contributed by atoms with Crippen LogP contribution in [0.4, 0.5) is 0 Å². The number of nitrogens with zero attached hydrogens (tertiary/aromatic N) is 2. The molecule has 3 heteroatoms. The Kier molecular flexibility index (Phi) is 4.65. The Morgan fingerprint density at radius 2 is 2.11 bits per heavy atom. The van der Waals surface area contributed by atoms with Crippen molar-refractivity contribution in [2.75, 3.05) is 0 Å². The molecule has 0 atom stereocenters. The van der Waals surface area contributed by atoms with Crippen molar-refractivity contribution in [1.82, 2.24) is 9.55 Å². The zero-order valence-electron chi connectivity index (χ0n) is 11.9. The van der Waals surface area contributed by atoms with Crippen molar-refractivity contribution in [3.05, 3.63) is 35.1 Å². The first-order chi connectivity index (χ1) is 9.17. The van der Waals surface area contributed by atoms with Crippen molar-refractivity contribution in [3.63, 3.8) is 0 Å². The van der Waals surface area contributed by atoms with Gasteiger partial charge < -0.3 is 4.57 Å². The Bertz CT molecular complexity index is 596. The van der Waals surface area contributed by atoms with Gasteiger partial charge in [-0.3, -0.25) is 0 Å². The van der Waals surface area contributed by atoms with Crippen LogP contribution < -0.4 is 0 Å².